The van der Waals surface area contributed by atoms with E-state index in [4.69, 9.17) is 14.2 Å². The highest BCUT2D eigenvalue weighted by Gasteiger charge is 2.19. The third-order valence-corrected chi connectivity index (χ3v) is 10.6. The first-order valence-electron chi connectivity index (χ1n) is 24.6. The van der Waals surface area contributed by atoms with Gasteiger partial charge in [0.25, 0.3) is 0 Å². The van der Waals surface area contributed by atoms with Gasteiger partial charge < -0.3 is 14.2 Å². The molecule has 0 heterocycles. The lowest BCUT2D eigenvalue weighted by Gasteiger charge is -2.18. The molecule has 6 nitrogen and oxygen atoms in total. The summed E-state index contributed by atoms with van der Waals surface area (Å²) in [6, 6.07) is 0. The average molecular weight is 813 g/mol. The lowest BCUT2D eigenvalue weighted by atomic mass is 10.1. The van der Waals surface area contributed by atoms with Crippen LogP contribution in [-0.2, 0) is 28.6 Å². The summed E-state index contributed by atoms with van der Waals surface area (Å²) in [5.41, 5.74) is 0. The van der Waals surface area contributed by atoms with E-state index in [2.05, 4.69) is 69.4 Å². The summed E-state index contributed by atoms with van der Waals surface area (Å²) >= 11 is 0. The smallest absolute Gasteiger partial charge is 0.306 e. The van der Waals surface area contributed by atoms with Crippen molar-refractivity contribution in [1.82, 2.24) is 0 Å². The maximum Gasteiger partial charge on any atom is 0.306 e. The third-order valence-electron chi connectivity index (χ3n) is 10.6. The number of carbonyl (C=O) groups excluding carboxylic acids is 3. The summed E-state index contributed by atoms with van der Waals surface area (Å²) in [5.74, 6) is -0.963. The minimum Gasteiger partial charge on any atom is -0.462 e. The van der Waals surface area contributed by atoms with Gasteiger partial charge in [0.2, 0.25) is 0 Å². The van der Waals surface area contributed by atoms with E-state index in [1.807, 2.05) is 0 Å². The number of esters is 3. The van der Waals surface area contributed by atoms with Gasteiger partial charge in [-0.05, 0) is 77.0 Å². The van der Waals surface area contributed by atoms with E-state index in [9.17, 15) is 14.4 Å². The molecule has 0 bridgehead atoms. The molecule has 0 radical (unpaired) electrons. The fourth-order valence-electron chi connectivity index (χ4n) is 6.80. The van der Waals surface area contributed by atoms with Gasteiger partial charge in [0, 0.05) is 19.3 Å². The number of hydrogen-bond donors (Lipinski definition) is 0. The monoisotopic (exact) mass is 813 g/mol. The maximum absolute atomic E-state index is 12.7. The van der Waals surface area contributed by atoms with Crippen molar-refractivity contribution < 1.29 is 28.6 Å². The molecule has 0 aromatic rings. The van der Waals surface area contributed by atoms with Crippen molar-refractivity contribution in [2.75, 3.05) is 13.2 Å². The largest absolute Gasteiger partial charge is 0.462 e. The van der Waals surface area contributed by atoms with Gasteiger partial charge in [-0.2, -0.15) is 0 Å². The molecule has 1 unspecified atom stereocenters. The predicted octanol–water partition coefficient (Wildman–Crippen LogP) is 15.9. The predicted molar refractivity (Wildman–Crippen MR) is 247 cm³/mol. The average Bonchev–Trinajstić information content (AvgIpc) is 3.22. The molecular weight excluding hydrogens is 721 g/mol. The molecule has 0 fully saturated rings. The Labute approximate surface area is 358 Å². The fraction of sp³-hybridized carbons (Fsp3) is 0.788. The summed E-state index contributed by atoms with van der Waals surface area (Å²) in [6.07, 6.45) is 55.3. The Bertz CT molecular complexity index is 1030. The molecule has 336 valence electrons. The Balaban J connectivity index is 4.44. The van der Waals surface area contributed by atoms with Crippen molar-refractivity contribution in [3.63, 3.8) is 0 Å². The van der Waals surface area contributed by atoms with E-state index < -0.39 is 6.10 Å². The highest BCUT2D eigenvalue weighted by Crippen LogP contribution is 2.14. The Morgan fingerprint density at radius 2 is 0.638 bits per heavy atom. The number of rotatable bonds is 44. The number of carbonyl (C=O) groups is 3. The van der Waals surface area contributed by atoms with Crippen LogP contribution in [0.25, 0.3) is 0 Å². The molecule has 0 N–H and O–H groups in total. The lowest BCUT2D eigenvalue weighted by molar-refractivity contribution is -0.167. The lowest BCUT2D eigenvalue weighted by Crippen LogP contribution is -2.30. The van der Waals surface area contributed by atoms with Crippen LogP contribution in [0.3, 0.4) is 0 Å². The fourth-order valence-corrected chi connectivity index (χ4v) is 6.80. The molecule has 0 aliphatic carbocycles. The molecule has 0 spiro atoms. The molecule has 0 amide bonds. The van der Waals surface area contributed by atoms with Crippen LogP contribution < -0.4 is 0 Å². The number of unbranched alkanes of at least 4 members (excludes halogenated alkanes) is 25. The standard InChI is InChI=1S/C52H92O6/c1-4-7-10-13-16-19-22-24-25-26-27-29-30-33-36-39-42-45-51(54)57-48-49(47-56-50(53)44-41-38-35-32-21-18-15-12-9-6-3)58-52(55)46-43-40-37-34-31-28-23-20-17-14-11-8-5-2/h24-25,27-29,31,33,36,49H,4-23,26,30,32,34-35,37-48H2,1-3H3/b25-24-,29-27-,31-28-,36-33-. The van der Waals surface area contributed by atoms with Crippen molar-refractivity contribution in [3.8, 4) is 0 Å². The Hall–Kier alpha value is -2.63. The van der Waals surface area contributed by atoms with Gasteiger partial charge in [-0.1, -0.05) is 198 Å². The normalized spacial score (nSPS) is 12.4. The molecule has 6 heteroatoms. The first-order valence-corrected chi connectivity index (χ1v) is 24.6. The zero-order chi connectivity index (χ0) is 42.3. The molecule has 0 saturated heterocycles. The van der Waals surface area contributed by atoms with Gasteiger partial charge in [0.1, 0.15) is 13.2 Å². The SMILES string of the molecule is CCCCCCCC/C=C\C/C=C\C/C=C\CCCC(=O)OCC(COC(=O)CCCCCCCCCCCC)OC(=O)CCCCC/C=C\CCCCCCCC. The Kier molecular flexibility index (Phi) is 44.9. The summed E-state index contributed by atoms with van der Waals surface area (Å²) in [6.45, 7) is 6.55. The minimum atomic E-state index is -0.796. The zero-order valence-electron chi connectivity index (χ0n) is 38.3. The summed E-state index contributed by atoms with van der Waals surface area (Å²) < 4.78 is 16.7. The van der Waals surface area contributed by atoms with E-state index in [0.29, 0.717) is 19.3 Å². The van der Waals surface area contributed by atoms with Gasteiger partial charge in [0.05, 0.1) is 0 Å². The highest BCUT2D eigenvalue weighted by molar-refractivity contribution is 5.71. The molecule has 58 heavy (non-hydrogen) atoms. The zero-order valence-corrected chi connectivity index (χ0v) is 38.3. The second-order valence-corrected chi connectivity index (χ2v) is 16.4. The van der Waals surface area contributed by atoms with Crippen LogP contribution in [0.2, 0.25) is 0 Å². The molecule has 0 aromatic heterocycles. The van der Waals surface area contributed by atoms with E-state index in [0.717, 1.165) is 70.6 Å². The van der Waals surface area contributed by atoms with Crippen molar-refractivity contribution in [3.05, 3.63) is 48.6 Å². The quantitative estimate of drug-likeness (QED) is 0.0264. The molecule has 1 atom stereocenters. The van der Waals surface area contributed by atoms with Crippen LogP contribution in [0.1, 0.15) is 245 Å². The molecule has 0 rings (SSSR count). The third kappa shape index (κ3) is 44.5. The summed E-state index contributed by atoms with van der Waals surface area (Å²) in [5, 5.41) is 0. The number of hydrogen-bond acceptors (Lipinski definition) is 6. The van der Waals surface area contributed by atoms with Crippen LogP contribution in [0, 0.1) is 0 Å². The van der Waals surface area contributed by atoms with Gasteiger partial charge >= 0.3 is 17.9 Å². The summed E-state index contributed by atoms with van der Waals surface area (Å²) in [4.78, 5) is 37.8. The van der Waals surface area contributed by atoms with E-state index in [-0.39, 0.29) is 37.5 Å². The Morgan fingerprint density at radius 3 is 1.07 bits per heavy atom. The van der Waals surface area contributed by atoms with Crippen molar-refractivity contribution in [2.45, 2.75) is 252 Å². The van der Waals surface area contributed by atoms with Crippen LogP contribution >= 0.6 is 0 Å². The maximum atomic E-state index is 12.7. The minimum absolute atomic E-state index is 0.0931. The second-order valence-electron chi connectivity index (χ2n) is 16.4. The second kappa shape index (κ2) is 47.1. The first-order chi connectivity index (χ1) is 28.5. The molecular formula is C52H92O6. The van der Waals surface area contributed by atoms with Crippen LogP contribution in [0.5, 0.6) is 0 Å². The van der Waals surface area contributed by atoms with Crippen LogP contribution in [-0.4, -0.2) is 37.2 Å². The van der Waals surface area contributed by atoms with Crippen molar-refractivity contribution in [1.29, 1.82) is 0 Å². The van der Waals surface area contributed by atoms with Gasteiger partial charge in [-0.25, -0.2) is 0 Å². The van der Waals surface area contributed by atoms with Gasteiger partial charge in [-0.3, -0.25) is 14.4 Å². The first kappa shape index (κ1) is 55.4. The van der Waals surface area contributed by atoms with Crippen LogP contribution in [0.4, 0.5) is 0 Å². The van der Waals surface area contributed by atoms with E-state index >= 15 is 0 Å². The van der Waals surface area contributed by atoms with Gasteiger partial charge in [-0.15, -0.1) is 0 Å². The van der Waals surface area contributed by atoms with Crippen molar-refractivity contribution in [2.24, 2.45) is 0 Å². The number of ether oxygens (including phenoxy) is 3. The van der Waals surface area contributed by atoms with E-state index in [1.165, 1.54) is 128 Å². The molecule has 0 aliphatic rings. The highest BCUT2D eigenvalue weighted by atomic mass is 16.6. The molecule has 0 aromatic carbocycles. The van der Waals surface area contributed by atoms with Crippen molar-refractivity contribution >= 4 is 17.9 Å². The Morgan fingerprint density at radius 1 is 0.345 bits per heavy atom. The summed E-state index contributed by atoms with van der Waals surface area (Å²) in [7, 11) is 0. The topological polar surface area (TPSA) is 78.9 Å². The molecule has 0 saturated carbocycles. The van der Waals surface area contributed by atoms with Crippen LogP contribution in [0.15, 0.2) is 48.6 Å². The van der Waals surface area contributed by atoms with E-state index in [1.54, 1.807) is 0 Å². The number of allylic oxidation sites excluding steroid dienone is 8. The molecule has 0 aliphatic heterocycles. The van der Waals surface area contributed by atoms with Gasteiger partial charge in [0.15, 0.2) is 6.10 Å².